The number of aliphatic hydroxyl groups is 1. The maximum absolute atomic E-state index is 9.49. The van der Waals surface area contributed by atoms with Crippen molar-refractivity contribution in [2.75, 3.05) is 13.7 Å². The lowest BCUT2D eigenvalue weighted by molar-refractivity contribution is 0.265. The topological polar surface area (TPSA) is 29.5 Å². The van der Waals surface area contributed by atoms with E-state index in [0.717, 1.165) is 17.7 Å². The SMILES string of the molecule is COc1ccccc1CC(CO)c1cccs1. The summed E-state index contributed by atoms with van der Waals surface area (Å²) in [5, 5.41) is 11.5. The highest BCUT2D eigenvalue weighted by molar-refractivity contribution is 7.10. The van der Waals surface area contributed by atoms with E-state index in [-0.39, 0.29) is 12.5 Å². The second-order valence-electron chi connectivity index (χ2n) is 3.91. The molecule has 2 aromatic rings. The molecule has 1 N–H and O–H groups in total. The van der Waals surface area contributed by atoms with Gasteiger partial charge in [0.2, 0.25) is 0 Å². The van der Waals surface area contributed by atoms with E-state index in [2.05, 4.69) is 12.1 Å². The van der Waals surface area contributed by atoms with Gasteiger partial charge in [-0.05, 0) is 29.5 Å². The van der Waals surface area contributed by atoms with E-state index in [1.165, 1.54) is 4.88 Å². The van der Waals surface area contributed by atoms with Crippen LogP contribution in [-0.4, -0.2) is 18.8 Å². The quantitative estimate of drug-likeness (QED) is 0.881. The highest BCUT2D eigenvalue weighted by Gasteiger charge is 2.14. The van der Waals surface area contributed by atoms with Crippen molar-refractivity contribution in [2.24, 2.45) is 0 Å². The van der Waals surface area contributed by atoms with Gasteiger partial charge in [-0.3, -0.25) is 0 Å². The molecule has 0 spiro atoms. The molecule has 1 unspecified atom stereocenters. The second-order valence-corrected chi connectivity index (χ2v) is 4.89. The number of para-hydroxylation sites is 1. The van der Waals surface area contributed by atoms with E-state index < -0.39 is 0 Å². The number of benzene rings is 1. The molecule has 2 nitrogen and oxygen atoms in total. The molecule has 1 aromatic carbocycles. The number of rotatable bonds is 5. The fourth-order valence-corrected chi connectivity index (χ4v) is 2.74. The standard InChI is InChI=1S/C14H16O2S/c1-16-13-6-3-2-5-11(13)9-12(10-15)14-7-4-8-17-14/h2-8,12,15H,9-10H2,1H3. The van der Waals surface area contributed by atoms with Crippen molar-refractivity contribution >= 4 is 11.3 Å². The number of aliphatic hydroxyl groups excluding tert-OH is 1. The highest BCUT2D eigenvalue weighted by atomic mass is 32.1. The third kappa shape index (κ3) is 2.87. The van der Waals surface area contributed by atoms with Crippen molar-refractivity contribution in [1.29, 1.82) is 0 Å². The van der Waals surface area contributed by atoms with E-state index in [0.29, 0.717) is 0 Å². The summed E-state index contributed by atoms with van der Waals surface area (Å²) in [5.41, 5.74) is 1.14. The summed E-state index contributed by atoms with van der Waals surface area (Å²) in [6.45, 7) is 0.165. The van der Waals surface area contributed by atoms with Crippen molar-refractivity contribution in [3.05, 3.63) is 52.2 Å². The number of ether oxygens (including phenoxy) is 1. The predicted molar refractivity (Wildman–Crippen MR) is 70.8 cm³/mol. The molecule has 0 bridgehead atoms. The smallest absolute Gasteiger partial charge is 0.122 e. The average molecular weight is 248 g/mol. The lowest BCUT2D eigenvalue weighted by Gasteiger charge is -2.14. The van der Waals surface area contributed by atoms with Crippen LogP contribution in [0.3, 0.4) is 0 Å². The molecule has 0 amide bonds. The summed E-state index contributed by atoms with van der Waals surface area (Å²) in [4.78, 5) is 1.22. The molecule has 0 saturated heterocycles. The summed E-state index contributed by atoms with van der Waals surface area (Å²) in [5.74, 6) is 1.05. The first kappa shape index (κ1) is 12.1. The van der Waals surface area contributed by atoms with Crippen LogP contribution in [0.25, 0.3) is 0 Å². The Morgan fingerprint density at radius 2 is 2.06 bits per heavy atom. The Morgan fingerprint density at radius 1 is 1.24 bits per heavy atom. The molecule has 1 aromatic heterocycles. The molecular formula is C14H16O2S. The van der Waals surface area contributed by atoms with Gasteiger partial charge in [-0.25, -0.2) is 0 Å². The first-order chi connectivity index (χ1) is 8.35. The van der Waals surface area contributed by atoms with Gasteiger partial charge in [0.05, 0.1) is 13.7 Å². The number of thiophene rings is 1. The van der Waals surface area contributed by atoms with Gasteiger partial charge >= 0.3 is 0 Å². The Bertz CT molecular complexity index is 451. The maximum Gasteiger partial charge on any atom is 0.122 e. The van der Waals surface area contributed by atoms with Crippen LogP contribution in [-0.2, 0) is 6.42 Å². The van der Waals surface area contributed by atoms with Crippen molar-refractivity contribution in [3.8, 4) is 5.75 Å². The molecule has 3 heteroatoms. The Balaban J connectivity index is 2.18. The molecule has 0 aliphatic heterocycles. The first-order valence-electron chi connectivity index (χ1n) is 5.61. The van der Waals surface area contributed by atoms with Gasteiger partial charge in [-0.15, -0.1) is 11.3 Å². The minimum Gasteiger partial charge on any atom is -0.496 e. The summed E-state index contributed by atoms with van der Waals surface area (Å²) >= 11 is 1.69. The van der Waals surface area contributed by atoms with Gasteiger partial charge in [-0.2, -0.15) is 0 Å². The lowest BCUT2D eigenvalue weighted by Crippen LogP contribution is -2.07. The maximum atomic E-state index is 9.49. The fourth-order valence-electron chi connectivity index (χ4n) is 1.92. The number of hydrogen-bond acceptors (Lipinski definition) is 3. The van der Waals surface area contributed by atoms with Crippen LogP contribution in [0.2, 0.25) is 0 Å². The van der Waals surface area contributed by atoms with Gasteiger partial charge in [0.25, 0.3) is 0 Å². The van der Waals surface area contributed by atoms with Gasteiger partial charge in [0, 0.05) is 10.8 Å². The van der Waals surface area contributed by atoms with Crippen LogP contribution >= 0.6 is 11.3 Å². The number of methoxy groups -OCH3 is 1. The highest BCUT2D eigenvalue weighted by Crippen LogP contribution is 2.28. The molecule has 0 aliphatic rings. The van der Waals surface area contributed by atoms with Gasteiger partial charge in [0.1, 0.15) is 5.75 Å². The summed E-state index contributed by atoms with van der Waals surface area (Å²) in [7, 11) is 1.68. The van der Waals surface area contributed by atoms with Crippen LogP contribution < -0.4 is 4.74 Å². The monoisotopic (exact) mass is 248 g/mol. The van der Waals surface area contributed by atoms with Crippen molar-refractivity contribution < 1.29 is 9.84 Å². The van der Waals surface area contributed by atoms with Crippen LogP contribution in [0, 0.1) is 0 Å². The molecule has 1 heterocycles. The molecule has 0 radical (unpaired) electrons. The average Bonchev–Trinajstić information content (AvgIpc) is 2.90. The van der Waals surface area contributed by atoms with E-state index >= 15 is 0 Å². The molecule has 90 valence electrons. The molecule has 0 fully saturated rings. The van der Waals surface area contributed by atoms with Crippen LogP contribution in [0.15, 0.2) is 41.8 Å². The minimum absolute atomic E-state index is 0.159. The Labute approximate surface area is 105 Å². The molecule has 2 rings (SSSR count). The third-order valence-corrected chi connectivity index (χ3v) is 3.86. The van der Waals surface area contributed by atoms with Crippen molar-refractivity contribution in [2.45, 2.75) is 12.3 Å². The summed E-state index contributed by atoms with van der Waals surface area (Å²) < 4.78 is 5.33. The number of hydrogen-bond donors (Lipinski definition) is 1. The zero-order valence-corrected chi connectivity index (χ0v) is 10.6. The molecule has 0 aliphatic carbocycles. The van der Waals surface area contributed by atoms with Crippen molar-refractivity contribution in [1.82, 2.24) is 0 Å². The van der Waals surface area contributed by atoms with Crippen LogP contribution in [0.1, 0.15) is 16.4 Å². The summed E-state index contributed by atoms with van der Waals surface area (Å²) in [6.07, 6.45) is 0.807. The zero-order valence-electron chi connectivity index (χ0n) is 9.80. The first-order valence-corrected chi connectivity index (χ1v) is 6.49. The second kappa shape index (κ2) is 5.84. The lowest BCUT2D eigenvalue weighted by atomic mass is 9.98. The Hall–Kier alpha value is -1.32. The molecule has 0 saturated carbocycles. The summed E-state index contributed by atoms with van der Waals surface area (Å²) in [6, 6.07) is 12.1. The largest absolute Gasteiger partial charge is 0.496 e. The Kier molecular flexibility index (Phi) is 4.18. The third-order valence-electron chi connectivity index (χ3n) is 2.82. The van der Waals surface area contributed by atoms with E-state index in [4.69, 9.17) is 4.74 Å². The molecular weight excluding hydrogens is 232 g/mol. The molecule has 17 heavy (non-hydrogen) atoms. The van der Waals surface area contributed by atoms with Gasteiger partial charge in [-0.1, -0.05) is 24.3 Å². The fraction of sp³-hybridized carbons (Fsp3) is 0.286. The predicted octanol–water partition coefficient (Wildman–Crippen LogP) is 3.08. The Morgan fingerprint density at radius 3 is 2.71 bits per heavy atom. The molecule has 1 atom stereocenters. The normalized spacial score (nSPS) is 12.4. The van der Waals surface area contributed by atoms with Crippen molar-refractivity contribution in [3.63, 3.8) is 0 Å². The minimum atomic E-state index is 0.159. The van der Waals surface area contributed by atoms with Gasteiger partial charge < -0.3 is 9.84 Å². The van der Waals surface area contributed by atoms with Gasteiger partial charge in [0.15, 0.2) is 0 Å². The van der Waals surface area contributed by atoms with E-state index in [1.807, 2.05) is 29.6 Å². The zero-order chi connectivity index (χ0) is 12.1. The van der Waals surface area contributed by atoms with E-state index in [9.17, 15) is 5.11 Å². The van der Waals surface area contributed by atoms with Crippen LogP contribution in [0.5, 0.6) is 5.75 Å². The van der Waals surface area contributed by atoms with Crippen LogP contribution in [0.4, 0.5) is 0 Å². The van der Waals surface area contributed by atoms with E-state index in [1.54, 1.807) is 18.4 Å².